The number of thiazole rings is 1. The molecule has 2 aliphatic heterocycles. The molecule has 0 radical (unpaired) electrons. The number of anilines is 1. The second-order valence-electron chi connectivity index (χ2n) is 7.20. The second kappa shape index (κ2) is 7.61. The number of piperidine rings is 1. The molecule has 1 saturated heterocycles. The van der Waals surface area contributed by atoms with Crippen molar-refractivity contribution < 1.29 is 9.59 Å². The lowest BCUT2D eigenvalue weighted by Crippen LogP contribution is -2.38. The lowest BCUT2D eigenvalue weighted by Gasteiger charge is -2.34. The number of likely N-dealkylation sites (tertiary alicyclic amines) is 1. The average molecular weight is 363 g/mol. The van der Waals surface area contributed by atoms with Crippen LogP contribution in [0.2, 0.25) is 0 Å². The first-order chi connectivity index (χ1) is 11.9. The van der Waals surface area contributed by atoms with Gasteiger partial charge in [-0.25, -0.2) is 9.99 Å². The molecule has 2 atom stereocenters. The van der Waals surface area contributed by atoms with Gasteiger partial charge in [0.2, 0.25) is 5.91 Å². The van der Waals surface area contributed by atoms with E-state index in [1.807, 2.05) is 5.38 Å². The van der Waals surface area contributed by atoms with Crippen molar-refractivity contribution in [2.75, 3.05) is 25.5 Å². The molecule has 8 heteroatoms. The van der Waals surface area contributed by atoms with Gasteiger partial charge in [-0.3, -0.25) is 19.8 Å². The minimum atomic E-state index is -0.277. The van der Waals surface area contributed by atoms with E-state index >= 15 is 0 Å². The van der Waals surface area contributed by atoms with Gasteiger partial charge in [0.25, 0.3) is 5.91 Å². The van der Waals surface area contributed by atoms with E-state index in [9.17, 15) is 9.59 Å². The predicted octanol–water partition coefficient (Wildman–Crippen LogP) is 2.17. The number of hydrazone groups is 1. The summed E-state index contributed by atoms with van der Waals surface area (Å²) in [5, 5.41) is 10.6. The second-order valence-corrected chi connectivity index (χ2v) is 8.06. The van der Waals surface area contributed by atoms with E-state index in [-0.39, 0.29) is 11.8 Å². The molecule has 2 amide bonds. The quantitative estimate of drug-likeness (QED) is 0.889. The summed E-state index contributed by atoms with van der Waals surface area (Å²) < 4.78 is 0. The minimum Gasteiger partial charge on any atom is -0.297 e. The number of amides is 2. The van der Waals surface area contributed by atoms with Crippen LogP contribution in [0.1, 0.15) is 38.8 Å². The standard InChI is InChI=1S/C17H25N5O2S/c1-11-6-12(2)8-22(7-11)9-13-10-25-17(18-13)19-16(24)14-4-5-15(23)21(3)20-14/h10-12H,4-9H2,1-3H3,(H,18,19,24). The highest BCUT2D eigenvalue weighted by molar-refractivity contribution is 7.14. The molecule has 1 aromatic heterocycles. The highest BCUT2D eigenvalue weighted by Crippen LogP contribution is 2.24. The number of nitrogens with zero attached hydrogens (tertiary/aromatic N) is 4. The molecule has 1 fully saturated rings. The van der Waals surface area contributed by atoms with Crippen molar-refractivity contribution in [3.63, 3.8) is 0 Å². The van der Waals surface area contributed by atoms with E-state index in [4.69, 9.17) is 0 Å². The molecule has 0 spiro atoms. The molecule has 2 aliphatic rings. The monoisotopic (exact) mass is 363 g/mol. The Balaban J connectivity index is 1.57. The Labute approximate surface area is 152 Å². The van der Waals surface area contributed by atoms with Crippen LogP contribution < -0.4 is 5.32 Å². The van der Waals surface area contributed by atoms with Gasteiger partial charge < -0.3 is 0 Å². The first-order valence-electron chi connectivity index (χ1n) is 8.73. The SMILES string of the molecule is CC1CC(C)CN(Cc2csc(NC(=O)C3=NN(C)C(=O)CC3)n2)C1. The highest BCUT2D eigenvalue weighted by Gasteiger charge is 2.24. The molecule has 1 N–H and O–H groups in total. The van der Waals surface area contributed by atoms with Crippen molar-refractivity contribution in [1.29, 1.82) is 0 Å². The van der Waals surface area contributed by atoms with E-state index in [1.54, 1.807) is 7.05 Å². The third kappa shape index (κ3) is 4.64. The largest absolute Gasteiger partial charge is 0.297 e. The first kappa shape index (κ1) is 18.0. The highest BCUT2D eigenvalue weighted by atomic mass is 32.1. The zero-order valence-electron chi connectivity index (χ0n) is 15.0. The van der Waals surface area contributed by atoms with Gasteiger partial charge in [0.15, 0.2) is 5.13 Å². The van der Waals surface area contributed by atoms with Crippen molar-refractivity contribution in [2.24, 2.45) is 16.9 Å². The summed E-state index contributed by atoms with van der Waals surface area (Å²) in [4.78, 5) is 30.7. The van der Waals surface area contributed by atoms with Crippen molar-refractivity contribution in [3.05, 3.63) is 11.1 Å². The maximum Gasteiger partial charge on any atom is 0.273 e. The van der Waals surface area contributed by atoms with Crippen LogP contribution in [0.3, 0.4) is 0 Å². The third-order valence-corrected chi connectivity index (χ3v) is 5.38. The zero-order valence-corrected chi connectivity index (χ0v) is 15.8. The topological polar surface area (TPSA) is 77.9 Å². The molecule has 0 bridgehead atoms. The molecule has 25 heavy (non-hydrogen) atoms. The Bertz CT molecular complexity index is 676. The van der Waals surface area contributed by atoms with Gasteiger partial charge in [0.1, 0.15) is 5.71 Å². The van der Waals surface area contributed by atoms with Crippen molar-refractivity contribution in [3.8, 4) is 0 Å². The predicted molar refractivity (Wildman–Crippen MR) is 98.4 cm³/mol. The van der Waals surface area contributed by atoms with Crippen LogP contribution in [-0.2, 0) is 16.1 Å². The maximum atomic E-state index is 12.3. The Morgan fingerprint density at radius 2 is 2.04 bits per heavy atom. The molecular formula is C17H25N5O2S. The van der Waals surface area contributed by atoms with Crippen LogP contribution in [-0.4, -0.2) is 52.6 Å². The fourth-order valence-electron chi connectivity index (χ4n) is 3.59. The summed E-state index contributed by atoms with van der Waals surface area (Å²) in [6.45, 7) is 7.60. The Kier molecular flexibility index (Phi) is 5.48. The normalized spacial score (nSPS) is 25.0. The third-order valence-electron chi connectivity index (χ3n) is 4.57. The van der Waals surface area contributed by atoms with Crippen LogP contribution in [0.5, 0.6) is 0 Å². The smallest absolute Gasteiger partial charge is 0.273 e. The van der Waals surface area contributed by atoms with Crippen molar-refractivity contribution >= 4 is 34.0 Å². The van der Waals surface area contributed by atoms with E-state index < -0.39 is 0 Å². The van der Waals surface area contributed by atoms with Gasteiger partial charge in [-0.1, -0.05) is 13.8 Å². The molecule has 3 heterocycles. The van der Waals surface area contributed by atoms with Gasteiger partial charge in [0, 0.05) is 44.9 Å². The lowest BCUT2D eigenvalue weighted by atomic mass is 9.92. The van der Waals surface area contributed by atoms with E-state index in [0.717, 1.165) is 25.3 Å². The van der Waals surface area contributed by atoms with Gasteiger partial charge in [-0.2, -0.15) is 5.10 Å². The Morgan fingerprint density at radius 1 is 1.32 bits per heavy atom. The minimum absolute atomic E-state index is 0.0712. The zero-order chi connectivity index (χ0) is 18.0. The molecule has 0 saturated carbocycles. The molecule has 7 nitrogen and oxygen atoms in total. The summed E-state index contributed by atoms with van der Waals surface area (Å²) in [6.07, 6.45) is 1.97. The Morgan fingerprint density at radius 3 is 2.72 bits per heavy atom. The fourth-order valence-corrected chi connectivity index (χ4v) is 4.29. The molecule has 136 valence electrons. The number of hydrogen-bond acceptors (Lipinski definition) is 6. The van der Waals surface area contributed by atoms with Gasteiger partial charge in [0.05, 0.1) is 5.69 Å². The average Bonchev–Trinajstić information content (AvgIpc) is 2.95. The number of aromatic nitrogens is 1. The molecular weight excluding hydrogens is 338 g/mol. The number of rotatable bonds is 4. The van der Waals surface area contributed by atoms with E-state index in [1.165, 1.54) is 22.8 Å². The number of carbonyl (C=O) groups is 2. The summed E-state index contributed by atoms with van der Waals surface area (Å²) in [6, 6.07) is 0. The Hall–Kier alpha value is -1.80. The van der Waals surface area contributed by atoms with Crippen LogP contribution in [0.25, 0.3) is 0 Å². The molecule has 2 unspecified atom stereocenters. The maximum absolute atomic E-state index is 12.3. The van der Waals surface area contributed by atoms with Crippen LogP contribution in [0, 0.1) is 11.8 Å². The van der Waals surface area contributed by atoms with Crippen molar-refractivity contribution in [1.82, 2.24) is 14.9 Å². The van der Waals surface area contributed by atoms with Gasteiger partial charge in [-0.15, -0.1) is 11.3 Å². The fraction of sp³-hybridized carbons (Fsp3) is 0.647. The van der Waals surface area contributed by atoms with Crippen LogP contribution in [0.15, 0.2) is 10.5 Å². The molecule has 0 aromatic carbocycles. The van der Waals surface area contributed by atoms with Crippen molar-refractivity contribution in [2.45, 2.75) is 39.7 Å². The molecule has 1 aromatic rings. The van der Waals surface area contributed by atoms with E-state index in [2.05, 4.69) is 34.1 Å². The van der Waals surface area contributed by atoms with Crippen LogP contribution in [0.4, 0.5) is 5.13 Å². The summed E-state index contributed by atoms with van der Waals surface area (Å²) in [7, 11) is 1.57. The number of nitrogens with one attached hydrogen (secondary N) is 1. The summed E-state index contributed by atoms with van der Waals surface area (Å²) in [5.41, 5.74) is 1.36. The molecule has 0 aliphatic carbocycles. The molecule has 3 rings (SSSR count). The first-order valence-corrected chi connectivity index (χ1v) is 9.61. The van der Waals surface area contributed by atoms with Gasteiger partial charge >= 0.3 is 0 Å². The summed E-state index contributed by atoms with van der Waals surface area (Å²) >= 11 is 1.43. The van der Waals surface area contributed by atoms with Gasteiger partial charge in [-0.05, 0) is 18.3 Å². The van der Waals surface area contributed by atoms with Crippen LogP contribution >= 0.6 is 11.3 Å². The summed E-state index contributed by atoms with van der Waals surface area (Å²) in [5.74, 6) is 1.08. The number of hydrogen-bond donors (Lipinski definition) is 1. The van der Waals surface area contributed by atoms with E-state index in [0.29, 0.717) is 35.5 Å². The lowest BCUT2D eigenvalue weighted by molar-refractivity contribution is -0.130. The number of carbonyl (C=O) groups excluding carboxylic acids is 2.